The summed E-state index contributed by atoms with van der Waals surface area (Å²) in [5.41, 5.74) is 3.12. The summed E-state index contributed by atoms with van der Waals surface area (Å²) in [5, 5.41) is 2.06. The van der Waals surface area contributed by atoms with Crippen LogP contribution < -0.4 is 9.47 Å². The first-order chi connectivity index (χ1) is 17.6. The Labute approximate surface area is 212 Å². The highest BCUT2D eigenvalue weighted by Crippen LogP contribution is 2.35. The smallest absolute Gasteiger partial charge is 0.343 e. The maximum Gasteiger partial charge on any atom is 0.343 e. The first kappa shape index (κ1) is 25.5. The molecule has 0 heterocycles. The molecule has 4 rings (SSSR count). The van der Waals surface area contributed by atoms with Crippen LogP contribution in [0.1, 0.15) is 44.1 Å². The molecule has 1 fully saturated rings. The molecule has 190 valence electrons. The van der Waals surface area contributed by atoms with Crippen LogP contribution in [0.5, 0.6) is 11.5 Å². The fourth-order valence-electron chi connectivity index (χ4n) is 4.68. The van der Waals surface area contributed by atoms with Crippen molar-refractivity contribution in [3.05, 3.63) is 60.2 Å². The van der Waals surface area contributed by atoms with E-state index in [9.17, 15) is 9.59 Å². The third kappa shape index (κ3) is 6.78. The molecule has 0 amide bonds. The first-order valence-electron chi connectivity index (χ1n) is 12.6. The molecule has 0 N–H and O–H groups in total. The minimum Gasteiger partial charge on any atom is -0.493 e. The van der Waals surface area contributed by atoms with Crippen LogP contribution in [-0.4, -0.2) is 39.4 Å². The van der Waals surface area contributed by atoms with Crippen LogP contribution in [0.25, 0.3) is 21.9 Å². The summed E-state index contributed by atoms with van der Waals surface area (Å²) >= 11 is 0. The minimum absolute atomic E-state index is 0.125. The Morgan fingerprint density at radius 3 is 2.33 bits per heavy atom. The molecule has 1 aliphatic carbocycles. The van der Waals surface area contributed by atoms with Gasteiger partial charge in [0.1, 0.15) is 11.5 Å². The lowest BCUT2D eigenvalue weighted by Gasteiger charge is -2.23. The highest BCUT2D eigenvalue weighted by Gasteiger charge is 2.16. The van der Waals surface area contributed by atoms with Gasteiger partial charge in [-0.2, -0.15) is 0 Å². The van der Waals surface area contributed by atoms with Crippen LogP contribution in [0.15, 0.2) is 54.6 Å². The molecule has 0 spiro atoms. The van der Waals surface area contributed by atoms with E-state index in [1.165, 1.54) is 46.3 Å². The number of esters is 2. The van der Waals surface area contributed by atoms with Crippen molar-refractivity contribution in [1.82, 2.24) is 0 Å². The Bertz CT molecular complexity index is 1200. The average molecular weight is 491 g/mol. The molecule has 0 unspecified atom stereocenters. The lowest BCUT2D eigenvalue weighted by Crippen LogP contribution is -2.15. The summed E-state index contributed by atoms with van der Waals surface area (Å²) in [7, 11) is 2.75. The number of benzene rings is 3. The Morgan fingerprint density at radius 1 is 0.806 bits per heavy atom. The number of carbonyl (C=O) groups excluding carboxylic acids is 2. The van der Waals surface area contributed by atoms with E-state index in [1.807, 2.05) is 36.4 Å². The molecule has 3 aromatic rings. The van der Waals surface area contributed by atoms with Crippen LogP contribution in [0.3, 0.4) is 0 Å². The second-order valence-electron chi connectivity index (χ2n) is 9.31. The summed E-state index contributed by atoms with van der Waals surface area (Å²) in [6, 6.07) is 18.2. The zero-order valence-electron chi connectivity index (χ0n) is 21.1. The lowest BCUT2D eigenvalue weighted by molar-refractivity contribution is -0.143. The average Bonchev–Trinajstić information content (AvgIpc) is 2.93. The summed E-state index contributed by atoms with van der Waals surface area (Å²) in [4.78, 5) is 23.1. The molecule has 6 heteroatoms. The van der Waals surface area contributed by atoms with E-state index < -0.39 is 5.97 Å². The molecular weight excluding hydrogens is 456 g/mol. The van der Waals surface area contributed by atoms with Gasteiger partial charge in [-0.3, -0.25) is 4.79 Å². The number of hydrogen-bond donors (Lipinski definition) is 0. The Balaban J connectivity index is 1.59. The first-order valence-corrected chi connectivity index (χ1v) is 12.6. The molecule has 36 heavy (non-hydrogen) atoms. The van der Waals surface area contributed by atoms with Crippen molar-refractivity contribution in [2.75, 3.05) is 27.4 Å². The van der Waals surface area contributed by atoms with Gasteiger partial charge in [0, 0.05) is 12.0 Å². The van der Waals surface area contributed by atoms with Crippen LogP contribution in [0.4, 0.5) is 0 Å². The predicted molar refractivity (Wildman–Crippen MR) is 139 cm³/mol. The number of fused-ring (bicyclic) bond motifs is 1. The molecular formula is C30H34O6. The molecule has 0 radical (unpaired) electrons. The van der Waals surface area contributed by atoms with Gasteiger partial charge in [-0.25, -0.2) is 4.79 Å². The van der Waals surface area contributed by atoms with Crippen molar-refractivity contribution in [2.45, 2.75) is 44.9 Å². The van der Waals surface area contributed by atoms with E-state index in [4.69, 9.17) is 14.2 Å². The highest BCUT2D eigenvalue weighted by molar-refractivity contribution is 5.89. The quantitative estimate of drug-likeness (QED) is 0.319. The lowest BCUT2D eigenvalue weighted by atomic mass is 9.90. The van der Waals surface area contributed by atoms with Crippen molar-refractivity contribution < 1.29 is 28.5 Å². The standard InChI is InChI=1S/C30H34O6/c1-33-29(31)15-9-21-8-14-28(36-19-22-6-4-3-5-7-22)27(16-21)25-11-10-24-18-26(13-12-23(24)17-25)35-20-30(32)34-2/h8,10-14,16-18,22H,3-7,9,15,19-20H2,1-2H3. The van der Waals surface area contributed by atoms with Gasteiger partial charge in [-0.05, 0) is 77.4 Å². The van der Waals surface area contributed by atoms with Gasteiger partial charge >= 0.3 is 11.9 Å². The number of ether oxygens (including phenoxy) is 4. The molecule has 1 aliphatic rings. The highest BCUT2D eigenvalue weighted by atomic mass is 16.6. The summed E-state index contributed by atoms with van der Waals surface area (Å²) in [6.07, 6.45) is 7.28. The molecule has 0 aliphatic heterocycles. The van der Waals surface area contributed by atoms with Gasteiger partial charge in [0.05, 0.1) is 20.8 Å². The van der Waals surface area contributed by atoms with Crippen molar-refractivity contribution >= 4 is 22.7 Å². The number of rotatable bonds is 10. The van der Waals surface area contributed by atoms with Gasteiger partial charge in [0.15, 0.2) is 6.61 Å². The van der Waals surface area contributed by atoms with E-state index >= 15 is 0 Å². The fourth-order valence-corrected chi connectivity index (χ4v) is 4.68. The zero-order valence-corrected chi connectivity index (χ0v) is 21.1. The molecule has 0 saturated heterocycles. The Kier molecular flexibility index (Phi) is 8.82. The molecule has 0 atom stereocenters. The van der Waals surface area contributed by atoms with Crippen molar-refractivity contribution in [3.63, 3.8) is 0 Å². The normalized spacial score (nSPS) is 13.8. The maximum absolute atomic E-state index is 11.7. The summed E-state index contributed by atoms with van der Waals surface area (Å²) in [5.74, 6) is 1.44. The SMILES string of the molecule is COC(=O)CCc1ccc(OCC2CCCCC2)c(-c2ccc3cc(OCC(=O)OC)ccc3c2)c1. The molecule has 3 aromatic carbocycles. The van der Waals surface area contributed by atoms with E-state index in [-0.39, 0.29) is 12.6 Å². The van der Waals surface area contributed by atoms with E-state index in [2.05, 4.69) is 22.9 Å². The van der Waals surface area contributed by atoms with Crippen molar-refractivity contribution in [3.8, 4) is 22.6 Å². The van der Waals surface area contributed by atoms with E-state index in [0.29, 0.717) is 24.5 Å². The van der Waals surface area contributed by atoms with Crippen LogP contribution in [0, 0.1) is 5.92 Å². The zero-order chi connectivity index (χ0) is 25.3. The van der Waals surface area contributed by atoms with Crippen LogP contribution in [-0.2, 0) is 25.5 Å². The monoisotopic (exact) mass is 490 g/mol. The number of hydrogen-bond acceptors (Lipinski definition) is 6. The maximum atomic E-state index is 11.7. The number of carbonyl (C=O) groups is 2. The van der Waals surface area contributed by atoms with Gasteiger partial charge in [0.2, 0.25) is 0 Å². The topological polar surface area (TPSA) is 71.1 Å². The van der Waals surface area contributed by atoms with Gasteiger partial charge in [0.25, 0.3) is 0 Å². The molecule has 6 nitrogen and oxygen atoms in total. The molecule has 1 saturated carbocycles. The van der Waals surface area contributed by atoms with Crippen LogP contribution in [0.2, 0.25) is 0 Å². The number of methoxy groups -OCH3 is 2. The van der Waals surface area contributed by atoms with Crippen molar-refractivity contribution in [2.24, 2.45) is 5.92 Å². The summed E-state index contributed by atoms with van der Waals surface area (Å²) in [6.45, 7) is 0.600. The number of aryl methyl sites for hydroxylation is 1. The van der Waals surface area contributed by atoms with Gasteiger partial charge < -0.3 is 18.9 Å². The van der Waals surface area contributed by atoms with Crippen LogP contribution >= 0.6 is 0 Å². The van der Waals surface area contributed by atoms with Crippen molar-refractivity contribution in [1.29, 1.82) is 0 Å². The predicted octanol–water partition coefficient (Wildman–Crippen LogP) is 6.12. The third-order valence-corrected chi connectivity index (χ3v) is 6.80. The molecule has 0 aromatic heterocycles. The van der Waals surface area contributed by atoms with E-state index in [0.717, 1.165) is 39.8 Å². The largest absolute Gasteiger partial charge is 0.493 e. The fraction of sp³-hybridized carbons (Fsp3) is 0.400. The van der Waals surface area contributed by atoms with Gasteiger partial charge in [-0.1, -0.05) is 43.5 Å². The summed E-state index contributed by atoms with van der Waals surface area (Å²) < 4.78 is 21.4. The molecule has 0 bridgehead atoms. The van der Waals surface area contributed by atoms with E-state index in [1.54, 1.807) is 0 Å². The minimum atomic E-state index is -0.418. The Morgan fingerprint density at radius 2 is 1.56 bits per heavy atom. The van der Waals surface area contributed by atoms with Gasteiger partial charge in [-0.15, -0.1) is 0 Å². The third-order valence-electron chi connectivity index (χ3n) is 6.80. The second-order valence-corrected chi connectivity index (χ2v) is 9.31. The second kappa shape index (κ2) is 12.4. The Hall–Kier alpha value is -3.54.